The lowest BCUT2D eigenvalue weighted by molar-refractivity contribution is -0.0820. The van der Waals surface area contributed by atoms with Gasteiger partial charge in [0.15, 0.2) is 0 Å². The monoisotopic (exact) mass is 159 g/mol. The van der Waals surface area contributed by atoms with Crippen LogP contribution in [0.15, 0.2) is 0 Å². The van der Waals surface area contributed by atoms with Gasteiger partial charge in [-0.15, -0.1) is 0 Å². The van der Waals surface area contributed by atoms with Crippen molar-refractivity contribution >= 4 is 0 Å². The van der Waals surface area contributed by atoms with E-state index in [9.17, 15) is 5.11 Å². The lowest BCUT2D eigenvalue weighted by Gasteiger charge is -2.44. The van der Waals surface area contributed by atoms with Crippen LogP contribution in [0.4, 0.5) is 0 Å². The second-order valence-electron chi connectivity index (χ2n) is 3.17. The number of hydrogen-bond acceptors (Lipinski definition) is 3. The fourth-order valence-corrected chi connectivity index (χ4v) is 1.46. The summed E-state index contributed by atoms with van der Waals surface area (Å²) < 4.78 is 0. The van der Waals surface area contributed by atoms with Gasteiger partial charge >= 0.3 is 0 Å². The zero-order valence-corrected chi connectivity index (χ0v) is 7.03. The van der Waals surface area contributed by atoms with Gasteiger partial charge in [0, 0.05) is 6.54 Å². The van der Waals surface area contributed by atoms with Gasteiger partial charge in [0.25, 0.3) is 0 Å². The molecule has 0 aromatic heterocycles. The van der Waals surface area contributed by atoms with Crippen molar-refractivity contribution < 1.29 is 10.2 Å². The lowest BCUT2D eigenvalue weighted by atomic mass is 10.00. The van der Waals surface area contributed by atoms with E-state index in [1.807, 2.05) is 0 Å². The number of rotatable bonds is 4. The second kappa shape index (κ2) is 4.04. The summed E-state index contributed by atoms with van der Waals surface area (Å²) in [7, 11) is 0. The molecule has 0 aromatic carbocycles. The molecule has 3 heteroatoms. The molecule has 0 aliphatic carbocycles. The van der Waals surface area contributed by atoms with E-state index < -0.39 is 0 Å². The first kappa shape index (κ1) is 8.97. The van der Waals surface area contributed by atoms with E-state index in [-0.39, 0.29) is 18.8 Å². The molecule has 1 saturated heterocycles. The first-order chi connectivity index (χ1) is 5.29. The van der Waals surface area contributed by atoms with E-state index in [0.717, 1.165) is 19.5 Å². The van der Waals surface area contributed by atoms with Crippen molar-refractivity contribution in [3.8, 4) is 0 Å². The van der Waals surface area contributed by atoms with Gasteiger partial charge in [-0.25, -0.2) is 0 Å². The van der Waals surface area contributed by atoms with Gasteiger partial charge in [0.2, 0.25) is 0 Å². The quantitative estimate of drug-likeness (QED) is 0.598. The van der Waals surface area contributed by atoms with Crippen molar-refractivity contribution in [1.82, 2.24) is 4.90 Å². The molecular formula is C8H17NO2. The highest BCUT2D eigenvalue weighted by atomic mass is 16.3. The van der Waals surface area contributed by atoms with Crippen LogP contribution in [0, 0.1) is 0 Å². The molecule has 2 N–H and O–H groups in total. The van der Waals surface area contributed by atoms with Gasteiger partial charge in [-0.2, -0.15) is 0 Å². The van der Waals surface area contributed by atoms with Crippen molar-refractivity contribution in [2.45, 2.75) is 31.9 Å². The molecule has 1 unspecified atom stereocenters. The molecule has 66 valence electrons. The second-order valence-corrected chi connectivity index (χ2v) is 3.17. The summed E-state index contributed by atoms with van der Waals surface area (Å²) in [5.41, 5.74) is 0. The Balaban J connectivity index is 2.16. The van der Waals surface area contributed by atoms with Gasteiger partial charge in [0.05, 0.1) is 18.8 Å². The molecule has 0 spiro atoms. The Morgan fingerprint density at radius 2 is 2.27 bits per heavy atom. The normalized spacial score (nSPS) is 31.9. The predicted octanol–water partition coefficient (Wildman–Crippen LogP) is -0.176. The van der Waals surface area contributed by atoms with Crippen molar-refractivity contribution in [3.63, 3.8) is 0 Å². The molecule has 2 atom stereocenters. The number of unbranched alkanes of at least 4 members (excludes halogenated alkanes) is 1. The maximum atomic E-state index is 9.18. The van der Waals surface area contributed by atoms with Gasteiger partial charge < -0.3 is 10.2 Å². The lowest BCUT2D eigenvalue weighted by Crippen LogP contribution is -2.61. The number of likely N-dealkylation sites (tertiary alicyclic amines) is 1. The van der Waals surface area contributed by atoms with Gasteiger partial charge in [-0.05, 0) is 13.0 Å². The molecular weight excluding hydrogens is 142 g/mol. The van der Waals surface area contributed by atoms with E-state index in [4.69, 9.17) is 5.11 Å². The third kappa shape index (κ3) is 1.92. The molecule has 3 nitrogen and oxygen atoms in total. The minimum atomic E-state index is -0.295. The summed E-state index contributed by atoms with van der Waals surface area (Å²) in [5.74, 6) is 0. The summed E-state index contributed by atoms with van der Waals surface area (Å²) >= 11 is 0. The van der Waals surface area contributed by atoms with Crippen molar-refractivity contribution in [2.24, 2.45) is 0 Å². The Morgan fingerprint density at radius 3 is 2.73 bits per heavy atom. The zero-order chi connectivity index (χ0) is 8.27. The van der Waals surface area contributed by atoms with E-state index in [1.54, 1.807) is 0 Å². The van der Waals surface area contributed by atoms with Crippen LogP contribution in [-0.4, -0.2) is 47.0 Å². The van der Waals surface area contributed by atoms with E-state index in [2.05, 4.69) is 11.8 Å². The number of β-amino-alcohol motifs (C(OH)–C–C–N with tert-alkyl or cyclic N) is 1. The Labute approximate surface area is 67.6 Å². The summed E-state index contributed by atoms with van der Waals surface area (Å²) in [6.45, 7) is 3.99. The Bertz CT molecular complexity index is 119. The van der Waals surface area contributed by atoms with Gasteiger partial charge in [-0.3, -0.25) is 4.90 Å². The van der Waals surface area contributed by atoms with Crippen LogP contribution >= 0.6 is 0 Å². The molecule has 1 fully saturated rings. The third-order valence-electron chi connectivity index (χ3n) is 2.32. The van der Waals surface area contributed by atoms with Crippen LogP contribution < -0.4 is 0 Å². The first-order valence-electron chi connectivity index (χ1n) is 4.32. The Hall–Kier alpha value is -0.120. The summed E-state index contributed by atoms with van der Waals surface area (Å²) in [5, 5.41) is 18.0. The van der Waals surface area contributed by atoms with Crippen LogP contribution in [0.5, 0.6) is 0 Å². The molecule has 1 aliphatic heterocycles. The molecule has 0 bridgehead atoms. The van der Waals surface area contributed by atoms with E-state index in [0.29, 0.717) is 0 Å². The highest BCUT2D eigenvalue weighted by Crippen LogP contribution is 2.17. The molecule has 0 saturated carbocycles. The van der Waals surface area contributed by atoms with Crippen molar-refractivity contribution in [3.05, 3.63) is 0 Å². The fourth-order valence-electron chi connectivity index (χ4n) is 1.46. The number of hydrogen-bond donors (Lipinski definition) is 2. The Morgan fingerprint density at radius 1 is 1.55 bits per heavy atom. The number of nitrogens with zero attached hydrogens (tertiary/aromatic N) is 1. The topological polar surface area (TPSA) is 43.7 Å². The SMILES string of the molecule is CCCCN1C[C@H](O)C1CO. The van der Waals surface area contributed by atoms with Gasteiger partial charge in [-0.1, -0.05) is 13.3 Å². The number of aliphatic hydroxyl groups excluding tert-OH is 2. The van der Waals surface area contributed by atoms with Crippen LogP contribution in [0.1, 0.15) is 19.8 Å². The molecule has 1 rings (SSSR count). The van der Waals surface area contributed by atoms with Gasteiger partial charge in [0.1, 0.15) is 0 Å². The minimum absolute atomic E-state index is 0.0153. The van der Waals surface area contributed by atoms with Crippen LogP contribution in [0.3, 0.4) is 0 Å². The molecule has 1 heterocycles. The van der Waals surface area contributed by atoms with E-state index in [1.165, 1.54) is 6.42 Å². The van der Waals surface area contributed by atoms with Crippen LogP contribution in [-0.2, 0) is 0 Å². The number of aliphatic hydroxyl groups is 2. The molecule has 0 amide bonds. The Kier molecular flexibility index (Phi) is 3.30. The molecule has 11 heavy (non-hydrogen) atoms. The highest BCUT2D eigenvalue weighted by molar-refractivity contribution is 4.90. The smallest absolute Gasteiger partial charge is 0.0844 e. The average Bonchev–Trinajstić information content (AvgIpc) is 1.98. The third-order valence-corrected chi connectivity index (χ3v) is 2.32. The molecule has 0 aromatic rings. The predicted molar refractivity (Wildman–Crippen MR) is 43.4 cm³/mol. The largest absolute Gasteiger partial charge is 0.395 e. The summed E-state index contributed by atoms with van der Waals surface area (Å²) in [6, 6.07) is 0.0153. The molecule has 1 aliphatic rings. The van der Waals surface area contributed by atoms with Crippen molar-refractivity contribution in [2.75, 3.05) is 19.7 Å². The zero-order valence-electron chi connectivity index (χ0n) is 7.03. The highest BCUT2D eigenvalue weighted by Gasteiger charge is 2.35. The maximum Gasteiger partial charge on any atom is 0.0844 e. The van der Waals surface area contributed by atoms with Crippen LogP contribution in [0.25, 0.3) is 0 Å². The average molecular weight is 159 g/mol. The van der Waals surface area contributed by atoms with Crippen molar-refractivity contribution in [1.29, 1.82) is 0 Å². The standard InChI is InChI=1S/C8H17NO2/c1-2-3-4-9-5-8(11)7(9)6-10/h7-8,10-11H,2-6H2,1H3/t7?,8-/m0/s1. The first-order valence-corrected chi connectivity index (χ1v) is 4.32. The van der Waals surface area contributed by atoms with E-state index >= 15 is 0 Å². The minimum Gasteiger partial charge on any atom is -0.395 e. The molecule has 0 radical (unpaired) electrons. The summed E-state index contributed by atoms with van der Waals surface area (Å²) in [6.07, 6.45) is 2.03. The van der Waals surface area contributed by atoms with Crippen LogP contribution in [0.2, 0.25) is 0 Å². The summed E-state index contributed by atoms with van der Waals surface area (Å²) in [4.78, 5) is 2.13. The maximum absolute atomic E-state index is 9.18. The fraction of sp³-hybridized carbons (Fsp3) is 1.00.